The number of carbonyl (C=O) groups excluding carboxylic acids is 1. The molecule has 0 saturated heterocycles. The van der Waals surface area contributed by atoms with Gasteiger partial charge in [0.25, 0.3) is 0 Å². The number of methoxy groups -OCH3 is 1. The van der Waals surface area contributed by atoms with Crippen LogP contribution in [0.25, 0.3) is 0 Å². The zero-order valence-corrected chi connectivity index (χ0v) is 12.0. The third kappa shape index (κ3) is 4.46. The van der Waals surface area contributed by atoms with Crippen molar-refractivity contribution in [2.24, 2.45) is 0 Å². The molecule has 0 fully saturated rings. The van der Waals surface area contributed by atoms with Crippen LogP contribution >= 0.6 is 0 Å². The molecule has 0 spiro atoms. The molecule has 2 amide bonds. The summed E-state index contributed by atoms with van der Waals surface area (Å²) in [7, 11) is 1.54. The molecule has 5 nitrogen and oxygen atoms in total. The number of anilines is 1. The van der Waals surface area contributed by atoms with E-state index in [0.717, 1.165) is 0 Å². The summed E-state index contributed by atoms with van der Waals surface area (Å²) >= 11 is 0. The molecule has 2 aromatic rings. The Morgan fingerprint density at radius 2 is 2.00 bits per heavy atom. The SMILES string of the molecule is COc1cccc(C(O)CNC(=O)Nc2ccc(F)cc2)c1. The summed E-state index contributed by atoms with van der Waals surface area (Å²) in [5.41, 5.74) is 1.11. The van der Waals surface area contributed by atoms with Crippen molar-refractivity contribution >= 4 is 11.7 Å². The second-order valence-corrected chi connectivity index (χ2v) is 4.63. The van der Waals surface area contributed by atoms with Gasteiger partial charge in [0.15, 0.2) is 0 Å². The van der Waals surface area contributed by atoms with Crippen molar-refractivity contribution in [2.45, 2.75) is 6.10 Å². The number of amides is 2. The van der Waals surface area contributed by atoms with E-state index in [1.54, 1.807) is 31.4 Å². The lowest BCUT2D eigenvalue weighted by Crippen LogP contribution is -2.32. The van der Waals surface area contributed by atoms with E-state index in [-0.39, 0.29) is 12.4 Å². The van der Waals surface area contributed by atoms with Gasteiger partial charge in [-0.2, -0.15) is 0 Å². The molecule has 116 valence electrons. The average Bonchev–Trinajstić information content (AvgIpc) is 2.55. The first-order chi connectivity index (χ1) is 10.6. The highest BCUT2D eigenvalue weighted by Crippen LogP contribution is 2.18. The van der Waals surface area contributed by atoms with Gasteiger partial charge in [-0.3, -0.25) is 0 Å². The lowest BCUT2D eigenvalue weighted by Gasteiger charge is -2.13. The maximum atomic E-state index is 12.8. The molecule has 0 aliphatic heterocycles. The molecule has 0 aromatic heterocycles. The molecule has 0 heterocycles. The van der Waals surface area contributed by atoms with Crippen LogP contribution in [0.4, 0.5) is 14.9 Å². The Morgan fingerprint density at radius 1 is 1.27 bits per heavy atom. The van der Waals surface area contributed by atoms with Crippen LogP contribution < -0.4 is 15.4 Å². The van der Waals surface area contributed by atoms with Crippen molar-refractivity contribution in [1.29, 1.82) is 0 Å². The van der Waals surface area contributed by atoms with Gasteiger partial charge >= 0.3 is 6.03 Å². The van der Waals surface area contributed by atoms with Gasteiger partial charge in [-0.15, -0.1) is 0 Å². The molecule has 0 saturated carbocycles. The van der Waals surface area contributed by atoms with Crippen LogP contribution in [0.15, 0.2) is 48.5 Å². The Kier molecular flexibility index (Phi) is 5.32. The fourth-order valence-corrected chi connectivity index (χ4v) is 1.86. The van der Waals surface area contributed by atoms with Crippen molar-refractivity contribution in [3.8, 4) is 5.75 Å². The molecule has 2 rings (SSSR count). The summed E-state index contributed by atoms with van der Waals surface area (Å²) in [6, 6.07) is 11.9. The normalized spacial score (nSPS) is 11.6. The minimum absolute atomic E-state index is 0.0419. The predicted octanol–water partition coefficient (Wildman–Crippen LogP) is 2.69. The number of nitrogens with one attached hydrogen (secondary N) is 2. The topological polar surface area (TPSA) is 70.6 Å². The van der Waals surface area contributed by atoms with Crippen LogP contribution in [-0.4, -0.2) is 24.8 Å². The minimum atomic E-state index is -0.853. The number of rotatable bonds is 5. The van der Waals surface area contributed by atoms with E-state index in [1.165, 1.54) is 24.3 Å². The van der Waals surface area contributed by atoms with Crippen LogP contribution in [0.2, 0.25) is 0 Å². The highest BCUT2D eigenvalue weighted by atomic mass is 19.1. The lowest BCUT2D eigenvalue weighted by atomic mass is 10.1. The average molecular weight is 304 g/mol. The Labute approximate surface area is 127 Å². The number of hydrogen-bond acceptors (Lipinski definition) is 3. The molecule has 6 heteroatoms. The Morgan fingerprint density at radius 3 is 2.68 bits per heavy atom. The first-order valence-electron chi connectivity index (χ1n) is 6.71. The third-order valence-corrected chi connectivity index (χ3v) is 3.04. The number of aliphatic hydroxyl groups is 1. The molecular formula is C16H17FN2O3. The van der Waals surface area contributed by atoms with Crippen molar-refractivity contribution in [1.82, 2.24) is 5.32 Å². The summed E-state index contributed by atoms with van der Waals surface area (Å²) in [5, 5.41) is 15.1. The summed E-state index contributed by atoms with van der Waals surface area (Å²) in [6.45, 7) is 0.0419. The number of carbonyl (C=O) groups is 1. The van der Waals surface area contributed by atoms with Gasteiger partial charge in [-0.1, -0.05) is 12.1 Å². The number of benzene rings is 2. The van der Waals surface area contributed by atoms with E-state index in [1.807, 2.05) is 0 Å². The van der Waals surface area contributed by atoms with Crippen LogP contribution in [0, 0.1) is 5.82 Å². The Hall–Kier alpha value is -2.60. The van der Waals surface area contributed by atoms with Gasteiger partial charge in [0.1, 0.15) is 11.6 Å². The standard InChI is InChI=1S/C16H17FN2O3/c1-22-14-4-2-3-11(9-14)15(20)10-18-16(21)19-13-7-5-12(17)6-8-13/h2-9,15,20H,10H2,1H3,(H2,18,19,21). The van der Waals surface area contributed by atoms with E-state index in [9.17, 15) is 14.3 Å². The highest BCUT2D eigenvalue weighted by molar-refractivity contribution is 5.89. The van der Waals surface area contributed by atoms with Crippen LogP contribution in [-0.2, 0) is 0 Å². The molecule has 0 aliphatic carbocycles. The highest BCUT2D eigenvalue weighted by Gasteiger charge is 2.10. The molecule has 1 atom stereocenters. The molecule has 0 aliphatic rings. The lowest BCUT2D eigenvalue weighted by molar-refractivity contribution is 0.175. The van der Waals surface area contributed by atoms with Gasteiger partial charge in [0.2, 0.25) is 0 Å². The third-order valence-electron chi connectivity index (χ3n) is 3.04. The second kappa shape index (κ2) is 7.42. The van der Waals surface area contributed by atoms with Gasteiger partial charge in [-0.25, -0.2) is 9.18 Å². The molecule has 3 N–H and O–H groups in total. The summed E-state index contributed by atoms with van der Waals surface area (Å²) in [4.78, 5) is 11.7. The number of ether oxygens (including phenoxy) is 1. The molecule has 22 heavy (non-hydrogen) atoms. The molecular weight excluding hydrogens is 287 g/mol. The predicted molar refractivity (Wildman–Crippen MR) is 81.4 cm³/mol. The minimum Gasteiger partial charge on any atom is -0.497 e. The quantitative estimate of drug-likeness (QED) is 0.795. The van der Waals surface area contributed by atoms with Crippen LogP contribution in [0.5, 0.6) is 5.75 Å². The number of urea groups is 1. The van der Waals surface area contributed by atoms with E-state index >= 15 is 0 Å². The number of halogens is 1. The Bertz CT molecular complexity index is 632. The first-order valence-corrected chi connectivity index (χ1v) is 6.71. The maximum Gasteiger partial charge on any atom is 0.319 e. The fraction of sp³-hybridized carbons (Fsp3) is 0.188. The van der Waals surface area contributed by atoms with Crippen LogP contribution in [0.3, 0.4) is 0 Å². The van der Waals surface area contributed by atoms with Gasteiger partial charge in [0, 0.05) is 12.2 Å². The molecule has 2 aromatic carbocycles. The zero-order valence-electron chi connectivity index (χ0n) is 12.0. The maximum absolute atomic E-state index is 12.8. The summed E-state index contributed by atoms with van der Waals surface area (Å²) < 4.78 is 17.8. The van der Waals surface area contributed by atoms with E-state index in [0.29, 0.717) is 17.0 Å². The molecule has 0 radical (unpaired) electrons. The van der Waals surface area contributed by atoms with E-state index in [4.69, 9.17) is 4.74 Å². The van der Waals surface area contributed by atoms with Crippen molar-refractivity contribution in [3.63, 3.8) is 0 Å². The number of aliphatic hydroxyl groups excluding tert-OH is 1. The monoisotopic (exact) mass is 304 g/mol. The fourth-order valence-electron chi connectivity index (χ4n) is 1.86. The van der Waals surface area contributed by atoms with E-state index < -0.39 is 12.1 Å². The van der Waals surface area contributed by atoms with Crippen molar-refractivity contribution in [2.75, 3.05) is 19.0 Å². The number of hydrogen-bond donors (Lipinski definition) is 3. The second-order valence-electron chi connectivity index (χ2n) is 4.63. The molecule has 0 bridgehead atoms. The summed E-state index contributed by atoms with van der Waals surface area (Å²) in [5.74, 6) is 0.256. The zero-order chi connectivity index (χ0) is 15.9. The smallest absolute Gasteiger partial charge is 0.319 e. The summed E-state index contributed by atoms with van der Waals surface area (Å²) in [6.07, 6.45) is -0.853. The van der Waals surface area contributed by atoms with Crippen molar-refractivity contribution in [3.05, 3.63) is 59.9 Å². The van der Waals surface area contributed by atoms with Crippen molar-refractivity contribution < 1.29 is 19.0 Å². The largest absolute Gasteiger partial charge is 0.497 e. The van der Waals surface area contributed by atoms with Gasteiger partial charge in [-0.05, 0) is 42.0 Å². The Balaban J connectivity index is 1.86. The van der Waals surface area contributed by atoms with E-state index in [2.05, 4.69) is 10.6 Å². The van der Waals surface area contributed by atoms with Gasteiger partial charge < -0.3 is 20.5 Å². The first kappa shape index (κ1) is 15.8. The van der Waals surface area contributed by atoms with Gasteiger partial charge in [0.05, 0.1) is 13.2 Å². The molecule has 1 unspecified atom stereocenters. The van der Waals surface area contributed by atoms with Crippen LogP contribution in [0.1, 0.15) is 11.7 Å².